The minimum Gasteiger partial charge on any atom is -0.339 e. The summed E-state index contributed by atoms with van der Waals surface area (Å²) in [5.41, 5.74) is 1.66. The maximum Gasteiger partial charge on any atom is 0.253 e. The predicted octanol–water partition coefficient (Wildman–Crippen LogP) is 2.68. The maximum atomic E-state index is 13.0. The topological polar surface area (TPSA) is 43.9 Å². The molecule has 29 heavy (non-hydrogen) atoms. The van der Waals surface area contributed by atoms with Gasteiger partial charge >= 0.3 is 0 Å². The monoisotopic (exact) mass is 391 g/mol. The quantitative estimate of drug-likeness (QED) is 0.808. The predicted molar refractivity (Wildman–Crippen MR) is 114 cm³/mol. The maximum absolute atomic E-state index is 13.0. The third-order valence-electron chi connectivity index (χ3n) is 6.13. The van der Waals surface area contributed by atoms with E-state index in [0.717, 1.165) is 24.2 Å². The smallest absolute Gasteiger partial charge is 0.253 e. The number of hydrogen-bond donors (Lipinski definition) is 0. The molecule has 1 atom stereocenters. The first-order valence-electron chi connectivity index (χ1n) is 10.4. The minimum absolute atomic E-state index is 0.0751. The Hall–Kier alpha value is -2.66. The average Bonchev–Trinajstić information content (AvgIpc) is 2.73. The molecule has 0 spiro atoms. The van der Waals surface area contributed by atoms with Gasteiger partial charge in [0, 0.05) is 49.9 Å². The first-order valence-corrected chi connectivity index (χ1v) is 10.4. The number of hydrogen-bond acceptors (Lipinski definition) is 3. The number of piperazine rings is 2. The van der Waals surface area contributed by atoms with Gasteiger partial charge in [-0.2, -0.15) is 0 Å². The number of rotatable bonds is 3. The molecule has 5 nitrogen and oxygen atoms in total. The fraction of sp³-hybridized carbons (Fsp3) is 0.417. The van der Waals surface area contributed by atoms with Crippen LogP contribution in [0.3, 0.4) is 0 Å². The molecule has 5 heteroatoms. The van der Waals surface area contributed by atoms with Gasteiger partial charge in [0.25, 0.3) is 5.91 Å². The van der Waals surface area contributed by atoms with Crippen molar-refractivity contribution < 1.29 is 9.59 Å². The Labute approximate surface area is 172 Å². The molecule has 0 bridgehead atoms. The molecule has 4 rings (SSSR count). The van der Waals surface area contributed by atoms with Crippen LogP contribution >= 0.6 is 0 Å². The van der Waals surface area contributed by atoms with Crippen molar-refractivity contribution in [3.63, 3.8) is 0 Å². The highest BCUT2D eigenvalue weighted by molar-refractivity contribution is 5.94. The second-order valence-corrected chi connectivity index (χ2v) is 8.71. The van der Waals surface area contributed by atoms with Crippen LogP contribution in [0.5, 0.6) is 0 Å². The largest absolute Gasteiger partial charge is 0.339 e. The second-order valence-electron chi connectivity index (χ2n) is 8.71. The van der Waals surface area contributed by atoms with E-state index in [-0.39, 0.29) is 23.4 Å². The molecular formula is C24H29N3O2. The van der Waals surface area contributed by atoms with Crippen molar-refractivity contribution >= 4 is 11.8 Å². The molecule has 152 valence electrons. The molecule has 2 saturated heterocycles. The molecule has 2 aliphatic heterocycles. The Morgan fingerprint density at radius 1 is 0.897 bits per heavy atom. The van der Waals surface area contributed by atoms with Crippen molar-refractivity contribution in [2.24, 2.45) is 0 Å². The molecule has 0 aromatic heterocycles. The lowest BCUT2D eigenvalue weighted by Crippen LogP contribution is -2.70. The molecule has 0 radical (unpaired) electrons. The van der Waals surface area contributed by atoms with Gasteiger partial charge in [-0.1, -0.05) is 48.5 Å². The van der Waals surface area contributed by atoms with Crippen LogP contribution in [0.1, 0.15) is 29.8 Å². The standard InChI is InChI=1S/C24H29N3O2/c1-24(2)18-26(23(29)20-11-7-4-8-12-20)17-21-16-25(13-14-27(21)24)22(28)15-19-9-5-3-6-10-19/h3-12,21H,13-18H2,1-2H3/t21-/m0/s1. The number of fused-ring (bicyclic) bond motifs is 1. The Morgan fingerprint density at radius 2 is 1.52 bits per heavy atom. The zero-order valence-corrected chi connectivity index (χ0v) is 17.3. The van der Waals surface area contributed by atoms with Crippen LogP contribution in [0.25, 0.3) is 0 Å². The van der Waals surface area contributed by atoms with E-state index in [1.54, 1.807) is 0 Å². The van der Waals surface area contributed by atoms with Crippen LogP contribution in [0, 0.1) is 0 Å². The van der Waals surface area contributed by atoms with Crippen LogP contribution < -0.4 is 0 Å². The summed E-state index contributed by atoms with van der Waals surface area (Å²) in [7, 11) is 0. The van der Waals surface area contributed by atoms with Gasteiger partial charge in [0.05, 0.1) is 6.42 Å². The third kappa shape index (κ3) is 4.20. The molecule has 0 N–H and O–H groups in total. The van der Waals surface area contributed by atoms with Gasteiger partial charge in [-0.3, -0.25) is 14.5 Å². The molecule has 0 aliphatic carbocycles. The summed E-state index contributed by atoms with van der Waals surface area (Å²) in [6, 6.07) is 19.5. The van der Waals surface area contributed by atoms with E-state index in [1.807, 2.05) is 70.5 Å². The Bertz CT molecular complexity index is 866. The van der Waals surface area contributed by atoms with Gasteiger partial charge in [0.1, 0.15) is 0 Å². The molecule has 2 aliphatic rings. The van der Waals surface area contributed by atoms with Crippen molar-refractivity contribution in [3.05, 3.63) is 71.8 Å². The molecular weight excluding hydrogens is 362 g/mol. The van der Waals surface area contributed by atoms with Gasteiger partial charge in [-0.05, 0) is 31.5 Å². The van der Waals surface area contributed by atoms with Crippen LogP contribution in [0.2, 0.25) is 0 Å². The highest BCUT2D eigenvalue weighted by atomic mass is 16.2. The second kappa shape index (κ2) is 7.99. The van der Waals surface area contributed by atoms with E-state index in [2.05, 4.69) is 18.7 Å². The summed E-state index contributed by atoms with van der Waals surface area (Å²) >= 11 is 0. The highest BCUT2D eigenvalue weighted by Gasteiger charge is 2.44. The van der Waals surface area contributed by atoms with Crippen molar-refractivity contribution in [2.45, 2.75) is 31.8 Å². The van der Waals surface area contributed by atoms with E-state index in [9.17, 15) is 9.59 Å². The van der Waals surface area contributed by atoms with Crippen LogP contribution in [-0.2, 0) is 11.2 Å². The number of carbonyl (C=O) groups is 2. The summed E-state index contributed by atoms with van der Waals surface area (Å²) in [4.78, 5) is 32.3. The molecule has 2 heterocycles. The van der Waals surface area contributed by atoms with Gasteiger partial charge in [-0.25, -0.2) is 0 Å². The van der Waals surface area contributed by atoms with E-state index in [4.69, 9.17) is 0 Å². The Balaban J connectivity index is 1.47. The lowest BCUT2D eigenvalue weighted by Gasteiger charge is -2.55. The number of nitrogens with zero attached hydrogens (tertiary/aromatic N) is 3. The summed E-state index contributed by atoms with van der Waals surface area (Å²) in [5, 5.41) is 0. The molecule has 2 fully saturated rings. The van der Waals surface area contributed by atoms with Crippen LogP contribution in [0.15, 0.2) is 60.7 Å². The molecule has 2 aromatic rings. The van der Waals surface area contributed by atoms with Crippen molar-refractivity contribution in [2.75, 3.05) is 32.7 Å². The van der Waals surface area contributed by atoms with Gasteiger partial charge < -0.3 is 9.80 Å². The van der Waals surface area contributed by atoms with Crippen molar-refractivity contribution in [1.82, 2.24) is 14.7 Å². The normalized spacial score (nSPS) is 21.5. The molecule has 0 unspecified atom stereocenters. The van der Waals surface area contributed by atoms with Crippen molar-refractivity contribution in [1.29, 1.82) is 0 Å². The highest BCUT2D eigenvalue weighted by Crippen LogP contribution is 2.29. The number of amides is 2. The molecule has 2 aromatic carbocycles. The van der Waals surface area contributed by atoms with Crippen LogP contribution in [0.4, 0.5) is 0 Å². The fourth-order valence-electron chi connectivity index (χ4n) is 4.71. The zero-order chi connectivity index (χ0) is 20.4. The lowest BCUT2D eigenvalue weighted by atomic mass is 9.92. The van der Waals surface area contributed by atoms with Gasteiger partial charge in [-0.15, -0.1) is 0 Å². The van der Waals surface area contributed by atoms with E-state index in [1.165, 1.54) is 0 Å². The van der Waals surface area contributed by atoms with Gasteiger partial charge in [0.2, 0.25) is 5.91 Å². The molecule has 0 saturated carbocycles. The lowest BCUT2D eigenvalue weighted by molar-refractivity contribution is -0.137. The van der Waals surface area contributed by atoms with E-state index in [0.29, 0.717) is 26.1 Å². The number of carbonyl (C=O) groups excluding carboxylic acids is 2. The number of benzene rings is 2. The summed E-state index contributed by atoms with van der Waals surface area (Å²) in [6.07, 6.45) is 0.434. The average molecular weight is 392 g/mol. The fourth-order valence-corrected chi connectivity index (χ4v) is 4.71. The Kier molecular flexibility index (Phi) is 5.41. The first kappa shape index (κ1) is 19.6. The molecule has 2 amide bonds. The first-order chi connectivity index (χ1) is 13.9. The summed E-state index contributed by atoms with van der Waals surface area (Å²) in [5.74, 6) is 0.242. The SMILES string of the molecule is CC1(C)CN(C(=O)c2ccccc2)C[C@@H]2CN(C(=O)Cc3ccccc3)CCN21. The minimum atomic E-state index is -0.109. The van der Waals surface area contributed by atoms with Gasteiger partial charge in [0.15, 0.2) is 0 Å². The zero-order valence-electron chi connectivity index (χ0n) is 17.3. The Morgan fingerprint density at radius 3 is 2.21 bits per heavy atom. The summed E-state index contributed by atoms with van der Waals surface area (Å²) < 4.78 is 0. The van der Waals surface area contributed by atoms with E-state index >= 15 is 0 Å². The third-order valence-corrected chi connectivity index (χ3v) is 6.13. The van der Waals surface area contributed by atoms with Crippen molar-refractivity contribution in [3.8, 4) is 0 Å². The summed E-state index contributed by atoms with van der Waals surface area (Å²) in [6.45, 7) is 8.04. The van der Waals surface area contributed by atoms with E-state index < -0.39 is 0 Å². The van der Waals surface area contributed by atoms with Crippen LogP contribution in [-0.4, -0.2) is 70.8 Å².